The molecule has 0 spiro atoms. The Bertz CT molecular complexity index is 823. The molecule has 1 amide bonds. The van der Waals surface area contributed by atoms with Gasteiger partial charge in [0.25, 0.3) is 0 Å². The molecule has 0 unspecified atom stereocenters. The van der Waals surface area contributed by atoms with Crippen molar-refractivity contribution in [3.8, 4) is 0 Å². The van der Waals surface area contributed by atoms with E-state index in [4.69, 9.17) is 11.6 Å². The van der Waals surface area contributed by atoms with E-state index in [0.29, 0.717) is 10.7 Å². The third-order valence-electron chi connectivity index (χ3n) is 3.45. The van der Waals surface area contributed by atoms with E-state index in [9.17, 15) is 13.2 Å². The fourth-order valence-corrected chi connectivity index (χ4v) is 3.02. The van der Waals surface area contributed by atoms with Gasteiger partial charge in [0.05, 0.1) is 12.8 Å². The van der Waals surface area contributed by atoms with Gasteiger partial charge >= 0.3 is 0 Å². The van der Waals surface area contributed by atoms with Crippen LogP contribution in [0, 0.1) is 6.92 Å². The summed E-state index contributed by atoms with van der Waals surface area (Å²) in [6.45, 7) is 1.74. The van der Waals surface area contributed by atoms with Crippen molar-refractivity contribution in [2.75, 3.05) is 18.1 Å². The average molecular weight is 367 g/mol. The zero-order valence-corrected chi connectivity index (χ0v) is 15.1. The summed E-state index contributed by atoms with van der Waals surface area (Å²) in [6.07, 6.45) is 1.09. The van der Waals surface area contributed by atoms with Crippen LogP contribution in [0.3, 0.4) is 0 Å². The van der Waals surface area contributed by atoms with Gasteiger partial charge in [0.15, 0.2) is 0 Å². The minimum atomic E-state index is -3.52. The number of anilines is 1. The Kier molecular flexibility index (Phi) is 5.99. The lowest BCUT2D eigenvalue weighted by Crippen LogP contribution is -2.36. The van der Waals surface area contributed by atoms with E-state index in [0.717, 1.165) is 21.7 Å². The lowest BCUT2D eigenvalue weighted by Gasteiger charge is -2.19. The number of hydrogen-bond acceptors (Lipinski definition) is 3. The number of rotatable bonds is 6. The number of amides is 1. The highest BCUT2D eigenvalue weighted by Crippen LogP contribution is 2.20. The Morgan fingerprint density at radius 1 is 1.17 bits per heavy atom. The monoisotopic (exact) mass is 366 g/mol. The second kappa shape index (κ2) is 7.79. The number of nitrogens with one attached hydrogen (secondary N) is 1. The summed E-state index contributed by atoms with van der Waals surface area (Å²) in [4.78, 5) is 12.2. The summed E-state index contributed by atoms with van der Waals surface area (Å²) >= 11 is 6.03. The van der Waals surface area contributed by atoms with Crippen LogP contribution in [0.2, 0.25) is 5.02 Å². The van der Waals surface area contributed by atoms with Crippen molar-refractivity contribution in [1.82, 2.24) is 4.31 Å². The summed E-state index contributed by atoms with van der Waals surface area (Å²) < 4.78 is 25.0. The molecular weight excluding hydrogens is 348 g/mol. The first-order valence-corrected chi connectivity index (χ1v) is 9.53. The highest BCUT2D eigenvalue weighted by atomic mass is 35.5. The molecule has 1 N–H and O–H groups in total. The second-order valence-corrected chi connectivity index (χ2v) is 7.92. The smallest absolute Gasteiger partial charge is 0.239 e. The van der Waals surface area contributed by atoms with Crippen molar-refractivity contribution in [2.24, 2.45) is 0 Å². The van der Waals surface area contributed by atoms with Crippen LogP contribution in [-0.4, -0.2) is 31.4 Å². The van der Waals surface area contributed by atoms with Crippen LogP contribution in [-0.2, 0) is 21.4 Å². The minimum absolute atomic E-state index is 0.141. The molecule has 2 aromatic rings. The first-order chi connectivity index (χ1) is 11.3. The van der Waals surface area contributed by atoms with Crippen molar-refractivity contribution in [3.05, 3.63) is 64.7 Å². The van der Waals surface area contributed by atoms with E-state index in [1.807, 2.05) is 37.3 Å². The van der Waals surface area contributed by atoms with Gasteiger partial charge in [0, 0.05) is 17.3 Å². The van der Waals surface area contributed by atoms with Gasteiger partial charge < -0.3 is 5.32 Å². The van der Waals surface area contributed by atoms with Crippen LogP contribution < -0.4 is 5.32 Å². The van der Waals surface area contributed by atoms with Crippen LogP contribution in [0.1, 0.15) is 11.1 Å². The Hall–Kier alpha value is -1.89. The average Bonchev–Trinajstić information content (AvgIpc) is 2.50. The van der Waals surface area contributed by atoms with E-state index in [2.05, 4.69) is 5.32 Å². The molecule has 0 atom stereocenters. The molecule has 0 radical (unpaired) electrons. The topological polar surface area (TPSA) is 66.5 Å². The van der Waals surface area contributed by atoms with E-state index in [1.165, 1.54) is 0 Å². The Labute approximate surface area is 147 Å². The van der Waals surface area contributed by atoms with E-state index >= 15 is 0 Å². The quantitative estimate of drug-likeness (QED) is 0.854. The van der Waals surface area contributed by atoms with Gasteiger partial charge in [-0.1, -0.05) is 48.0 Å². The Morgan fingerprint density at radius 3 is 2.42 bits per heavy atom. The Morgan fingerprint density at radius 2 is 1.83 bits per heavy atom. The second-order valence-electron chi connectivity index (χ2n) is 5.53. The fourth-order valence-electron chi connectivity index (χ4n) is 2.11. The molecular formula is C17H19ClN2O3S. The fraction of sp³-hybridized carbons (Fsp3) is 0.235. The highest BCUT2D eigenvalue weighted by Gasteiger charge is 2.20. The van der Waals surface area contributed by atoms with Gasteiger partial charge in [0.2, 0.25) is 15.9 Å². The molecule has 0 aliphatic heterocycles. The molecule has 2 rings (SSSR count). The van der Waals surface area contributed by atoms with E-state index in [1.54, 1.807) is 18.2 Å². The number of nitrogens with zero attached hydrogens (tertiary/aromatic N) is 1. The zero-order valence-electron chi connectivity index (χ0n) is 13.5. The maximum absolute atomic E-state index is 12.2. The van der Waals surface area contributed by atoms with E-state index < -0.39 is 15.9 Å². The molecule has 2 aromatic carbocycles. The maximum Gasteiger partial charge on any atom is 0.239 e. The standard InChI is InChI=1S/C17H19ClN2O3S/c1-13-8-9-15(10-16(13)18)19-17(21)12-20(24(2,22)23)11-14-6-4-3-5-7-14/h3-10H,11-12H2,1-2H3,(H,19,21). The molecule has 0 aliphatic rings. The van der Waals surface area contributed by atoms with Gasteiger partial charge in [-0.05, 0) is 30.2 Å². The summed E-state index contributed by atoms with van der Waals surface area (Å²) in [5.41, 5.74) is 2.24. The highest BCUT2D eigenvalue weighted by molar-refractivity contribution is 7.88. The summed E-state index contributed by atoms with van der Waals surface area (Å²) in [5, 5.41) is 3.21. The number of benzene rings is 2. The number of sulfonamides is 1. The molecule has 0 bridgehead atoms. The summed E-state index contributed by atoms with van der Waals surface area (Å²) in [7, 11) is -3.52. The molecule has 5 nitrogen and oxygen atoms in total. The zero-order chi connectivity index (χ0) is 17.7. The number of aryl methyl sites for hydroxylation is 1. The van der Waals surface area contributed by atoms with Crippen LogP contribution in [0.4, 0.5) is 5.69 Å². The third kappa shape index (κ3) is 5.33. The van der Waals surface area contributed by atoms with Gasteiger partial charge in [-0.15, -0.1) is 0 Å². The van der Waals surface area contributed by atoms with Crippen LogP contribution in [0.15, 0.2) is 48.5 Å². The first kappa shape index (κ1) is 18.4. The van der Waals surface area contributed by atoms with Crippen LogP contribution in [0.25, 0.3) is 0 Å². The lowest BCUT2D eigenvalue weighted by molar-refractivity contribution is -0.116. The summed E-state index contributed by atoms with van der Waals surface area (Å²) in [6, 6.07) is 14.3. The molecule has 0 aliphatic carbocycles. The van der Waals surface area contributed by atoms with Gasteiger partial charge in [-0.25, -0.2) is 8.42 Å². The number of carbonyl (C=O) groups excluding carboxylic acids is 1. The van der Waals surface area contributed by atoms with E-state index in [-0.39, 0.29) is 13.1 Å². The van der Waals surface area contributed by atoms with Crippen LogP contribution >= 0.6 is 11.6 Å². The third-order valence-corrected chi connectivity index (χ3v) is 5.05. The first-order valence-electron chi connectivity index (χ1n) is 7.31. The molecule has 7 heteroatoms. The van der Waals surface area contributed by atoms with Crippen LogP contribution in [0.5, 0.6) is 0 Å². The molecule has 24 heavy (non-hydrogen) atoms. The number of halogens is 1. The SMILES string of the molecule is Cc1ccc(NC(=O)CN(Cc2ccccc2)S(C)(=O)=O)cc1Cl. The predicted octanol–water partition coefficient (Wildman–Crippen LogP) is 3.05. The molecule has 0 saturated heterocycles. The Balaban J connectivity index is 2.08. The minimum Gasteiger partial charge on any atom is -0.325 e. The van der Waals surface area contributed by atoms with Crippen molar-refractivity contribution in [3.63, 3.8) is 0 Å². The molecule has 0 aromatic heterocycles. The van der Waals surface area contributed by atoms with Crippen molar-refractivity contribution in [1.29, 1.82) is 0 Å². The van der Waals surface area contributed by atoms with Gasteiger partial charge in [0.1, 0.15) is 0 Å². The summed E-state index contributed by atoms with van der Waals surface area (Å²) in [5.74, 6) is -0.420. The van der Waals surface area contributed by atoms with Crippen molar-refractivity contribution in [2.45, 2.75) is 13.5 Å². The molecule has 0 heterocycles. The lowest BCUT2D eigenvalue weighted by atomic mass is 10.2. The predicted molar refractivity (Wildman–Crippen MR) is 96.5 cm³/mol. The molecule has 128 valence electrons. The number of hydrogen-bond donors (Lipinski definition) is 1. The molecule has 0 saturated carbocycles. The van der Waals surface area contributed by atoms with Crippen molar-refractivity contribution >= 4 is 33.2 Å². The van der Waals surface area contributed by atoms with Gasteiger partial charge in [-0.2, -0.15) is 4.31 Å². The maximum atomic E-state index is 12.2. The largest absolute Gasteiger partial charge is 0.325 e. The normalized spacial score (nSPS) is 11.5. The van der Waals surface area contributed by atoms with Crippen molar-refractivity contribution < 1.29 is 13.2 Å². The number of carbonyl (C=O) groups is 1. The molecule has 0 fully saturated rings. The van der Waals surface area contributed by atoms with Gasteiger partial charge in [-0.3, -0.25) is 4.79 Å².